The Kier molecular flexibility index (Phi) is 4.22. The van der Waals surface area contributed by atoms with Crippen LogP contribution in [0.1, 0.15) is 51.9 Å². The molecule has 2 rings (SSSR count). The maximum Gasteiger partial charge on any atom is 0.237 e. The van der Waals surface area contributed by atoms with Gasteiger partial charge in [-0.05, 0) is 50.9 Å². The molecule has 1 aliphatic heterocycles. The summed E-state index contributed by atoms with van der Waals surface area (Å²) in [7, 11) is 0. The summed E-state index contributed by atoms with van der Waals surface area (Å²) < 4.78 is 0. The molecule has 3 nitrogen and oxygen atoms in total. The molecule has 0 aromatic carbocycles. The molecule has 0 aromatic rings. The van der Waals surface area contributed by atoms with Crippen LogP contribution in [-0.4, -0.2) is 24.5 Å². The highest BCUT2D eigenvalue weighted by molar-refractivity contribution is 5.81. The van der Waals surface area contributed by atoms with Gasteiger partial charge < -0.3 is 10.6 Å². The molecule has 1 saturated carbocycles. The largest absolute Gasteiger partial charge is 0.355 e. The molecule has 1 saturated heterocycles. The number of rotatable bonds is 2. The first-order valence-corrected chi connectivity index (χ1v) is 6.79. The van der Waals surface area contributed by atoms with Crippen molar-refractivity contribution >= 4 is 5.91 Å². The zero-order valence-corrected chi connectivity index (χ0v) is 10.3. The summed E-state index contributed by atoms with van der Waals surface area (Å²) in [6.45, 7) is 3.19. The van der Waals surface area contributed by atoms with Gasteiger partial charge in [0.25, 0.3) is 0 Å². The molecule has 16 heavy (non-hydrogen) atoms. The maximum absolute atomic E-state index is 11.8. The molecule has 92 valence electrons. The minimum atomic E-state index is 0.0703. The molecular weight excluding hydrogens is 200 g/mol. The molecule has 1 amide bonds. The van der Waals surface area contributed by atoms with E-state index in [0.29, 0.717) is 6.04 Å². The van der Waals surface area contributed by atoms with E-state index in [1.807, 2.05) is 0 Å². The summed E-state index contributed by atoms with van der Waals surface area (Å²) >= 11 is 0. The first-order chi connectivity index (χ1) is 7.75. The summed E-state index contributed by atoms with van der Waals surface area (Å²) in [6, 6.07) is 0.644. The van der Waals surface area contributed by atoms with E-state index in [9.17, 15) is 4.79 Å². The van der Waals surface area contributed by atoms with E-state index in [2.05, 4.69) is 17.6 Å². The first-order valence-electron chi connectivity index (χ1n) is 6.79. The predicted molar refractivity (Wildman–Crippen MR) is 65.2 cm³/mol. The van der Waals surface area contributed by atoms with E-state index in [0.717, 1.165) is 25.3 Å². The van der Waals surface area contributed by atoms with Crippen LogP contribution < -0.4 is 10.6 Å². The van der Waals surface area contributed by atoms with E-state index >= 15 is 0 Å². The zero-order chi connectivity index (χ0) is 11.4. The fraction of sp³-hybridized carbons (Fsp3) is 0.923. The molecule has 0 spiro atoms. The van der Waals surface area contributed by atoms with Crippen molar-refractivity contribution in [2.75, 3.05) is 6.54 Å². The van der Waals surface area contributed by atoms with Gasteiger partial charge in [-0.1, -0.05) is 6.92 Å². The number of amides is 1. The molecule has 2 aliphatic rings. The van der Waals surface area contributed by atoms with Crippen LogP contribution >= 0.6 is 0 Å². The minimum Gasteiger partial charge on any atom is -0.355 e. The summed E-state index contributed by atoms with van der Waals surface area (Å²) in [5.74, 6) is 1.09. The highest BCUT2D eigenvalue weighted by Gasteiger charge is 2.25. The topological polar surface area (TPSA) is 41.1 Å². The number of carbonyl (C=O) groups is 1. The van der Waals surface area contributed by atoms with Gasteiger partial charge >= 0.3 is 0 Å². The van der Waals surface area contributed by atoms with Crippen molar-refractivity contribution in [2.45, 2.75) is 64.0 Å². The second-order valence-corrected chi connectivity index (χ2v) is 5.46. The van der Waals surface area contributed by atoms with Crippen molar-refractivity contribution in [3.8, 4) is 0 Å². The van der Waals surface area contributed by atoms with Gasteiger partial charge in [-0.3, -0.25) is 4.79 Å². The Labute approximate surface area is 98.4 Å². The molecule has 2 N–H and O–H groups in total. The smallest absolute Gasteiger partial charge is 0.237 e. The lowest BCUT2D eigenvalue weighted by Gasteiger charge is -2.30. The Morgan fingerprint density at radius 2 is 1.88 bits per heavy atom. The molecular formula is C13H24N2O. The summed E-state index contributed by atoms with van der Waals surface area (Å²) in [6.07, 6.45) is 8.41. The highest BCUT2D eigenvalue weighted by atomic mass is 16.2. The predicted octanol–water partition coefficient (Wildman–Crippen LogP) is 1.82. The summed E-state index contributed by atoms with van der Waals surface area (Å²) in [4.78, 5) is 11.8. The lowest BCUT2D eigenvalue weighted by atomic mass is 9.87. The molecule has 1 unspecified atom stereocenters. The normalized spacial score (nSPS) is 36.6. The van der Waals surface area contributed by atoms with Crippen molar-refractivity contribution in [3.63, 3.8) is 0 Å². The van der Waals surface area contributed by atoms with Crippen molar-refractivity contribution in [2.24, 2.45) is 5.92 Å². The standard InChI is InChI=1S/C13H24N2O/c1-10-5-7-11(8-6-10)15-12-4-2-3-9-14-13(12)16/h10-12,15H,2-9H2,1H3,(H,14,16). The third kappa shape index (κ3) is 3.21. The van der Waals surface area contributed by atoms with Crippen LogP contribution in [0.3, 0.4) is 0 Å². The Bertz CT molecular complexity index is 234. The molecule has 0 radical (unpaired) electrons. The van der Waals surface area contributed by atoms with E-state index in [1.54, 1.807) is 0 Å². The monoisotopic (exact) mass is 224 g/mol. The van der Waals surface area contributed by atoms with Crippen molar-refractivity contribution in [3.05, 3.63) is 0 Å². The number of hydrogen-bond donors (Lipinski definition) is 2. The number of nitrogens with one attached hydrogen (secondary N) is 2. The average Bonchev–Trinajstić information content (AvgIpc) is 2.48. The van der Waals surface area contributed by atoms with Crippen LogP contribution in [0.2, 0.25) is 0 Å². The Morgan fingerprint density at radius 3 is 2.62 bits per heavy atom. The maximum atomic E-state index is 11.8. The van der Waals surface area contributed by atoms with Gasteiger partial charge in [-0.2, -0.15) is 0 Å². The minimum absolute atomic E-state index is 0.0703. The van der Waals surface area contributed by atoms with E-state index in [-0.39, 0.29) is 11.9 Å². The van der Waals surface area contributed by atoms with E-state index in [4.69, 9.17) is 0 Å². The SMILES string of the molecule is CC1CCC(NC2CCCCNC2=O)CC1. The molecule has 1 aliphatic carbocycles. The fourth-order valence-electron chi connectivity index (χ4n) is 2.81. The third-order valence-electron chi connectivity index (χ3n) is 3.99. The highest BCUT2D eigenvalue weighted by Crippen LogP contribution is 2.24. The van der Waals surface area contributed by atoms with Gasteiger partial charge in [0.05, 0.1) is 6.04 Å². The van der Waals surface area contributed by atoms with Gasteiger partial charge in [-0.25, -0.2) is 0 Å². The van der Waals surface area contributed by atoms with Crippen molar-refractivity contribution < 1.29 is 4.79 Å². The average molecular weight is 224 g/mol. The van der Waals surface area contributed by atoms with Crippen molar-refractivity contribution in [1.29, 1.82) is 0 Å². The molecule has 2 fully saturated rings. The van der Waals surface area contributed by atoms with E-state index in [1.165, 1.54) is 32.1 Å². The second kappa shape index (κ2) is 5.67. The van der Waals surface area contributed by atoms with Gasteiger partial charge in [0, 0.05) is 12.6 Å². The Morgan fingerprint density at radius 1 is 1.12 bits per heavy atom. The van der Waals surface area contributed by atoms with Crippen LogP contribution in [0.4, 0.5) is 0 Å². The second-order valence-electron chi connectivity index (χ2n) is 5.46. The summed E-state index contributed by atoms with van der Waals surface area (Å²) in [5.41, 5.74) is 0. The third-order valence-corrected chi connectivity index (χ3v) is 3.99. The lowest BCUT2D eigenvalue weighted by molar-refractivity contribution is -0.123. The molecule has 1 heterocycles. The fourth-order valence-corrected chi connectivity index (χ4v) is 2.81. The Hall–Kier alpha value is -0.570. The molecule has 0 bridgehead atoms. The number of hydrogen-bond acceptors (Lipinski definition) is 2. The van der Waals surface area contributed by atoms with Crippen LogP contribution in [0.25, 0.3) is 0 Å². The zero-order valence-electron chi connectivity index (χ0n) is 10.3. The quantitative estimate of drug-likeness (QED) is 0.751. The van der Waals surface area contributed by atoms with Crippen LogP contribution in [0.5, 0.6) is 0 Å². The number of carbonyl (C=O) groups excluding carboxylic acids is 1. The van der Waals surface area contributed by atoms with E-state index < -0.39 is 0 Å². The van der Waals surface area contributed by atoms with Gasteiger partial charge in [0.15, 0.2) is 0 Å². The lowest BCUT2D eigenvalue weighted by Crippen LogP contribution is -2.48. The van der Waals surface area contributed by atoms with Crippen molar-refractivity contribution in [1.82, 2.24) is 10.6 Å². The molecule has 1 atom stereocenters. The molecule has 3 heteroatoms. The first kappa shape index (κ1) is 11.9. The van der Waals surface area contributed by atoms with Gasteiger partial charge in [-0.15, -0.1) is 0 Å². The Balaban J connectivity index is 1.80. The summed E-state index contributed by atoms with van der Waals surface area (Å²) in [5, 5.41) is 6.55. The van der Waals surface area contributed by atoms with Crippen LogP contribution in [-0.2, 0) is 4.79 Å². The van der Waals surface area contributed by atoms with Gasteiger partial charge in [0.2, 0.25) is 5.91 Å². The van der Waals surface area contributed by atoms with Gasteiger partial charge in [0.1, 0.15) is 0 Å². The van der Waals surface area contributed by atoms with Crippen LogP contribution in [0, 0.1) is 5.92 Å². The molecule has 0 aromatic heterocycles. The van der Waals surface area contributed by atoms with Crippen LogP contribution in [0.15, 0.2) is 0 Å².